The quantitative estimate of drug-likeness (QED) is 0.231. The number of halogens is 3. The third kappa shape index (κ3) is 8.10. The lowest BCUT2D eigenvalue weighted by molar-refractivity contribution is -0.137. The molecule has 12 nitrogen and oxygen atoms in total. The van der Waals surface area contributed by atoms with Gasteiger partial charge in [0, 0.05) is 45.1 Å². The van der Waals surface area contributed by atoms with Gasteiger partial charge < -0.3 is 34.8 Å². The monoisotopic (exact) mass is 656 g/mol. The number of carbonyl (C=O) groups excluding carboxylic acids is 2. The zero-order valence-corrected chi connectivity index (χ0v) is 27.2. The van der Waals surface area contributed by atoms with Gasteiger partial charge in [-0.1, -0.05) is 6.58 Å². The summed E-state index contributed by atoms with van der Waals surface area (Å²) in [6, 6.07) is 6.91. The maximum absolute atomic E-state index is 13.8. The first-order chi connectivity index (χ1) is 22.3. The highest BCUT2D eigenvalue weighted by atomic mass is 19.4. The van der Waals surface area contributed by atoms with Crippen LogP contribution in [0.3, 0.4) is 0 Å². The van der Waals surface area contributed by atoms with Crippen LogP contribution >= 0.6 is 0 Å². The number of aromatic nitrogens is 2. The van der Waals surface area contributed by atoms with Crippen LogP contribution in [0.25, 0.3) is 0 Å². The molecule has 0 bridgehead atoms. The van der Waals surface area contributed by atoms with E-state index in [9.17, 15) is 22.8 Å². The molecule has 0 saturated heterocycles. The summed E-state index contributed by atoms with van der Waals surface area (Å²) >= 11 is 0. The summed E-state index contributed by atoms with van der Waals surface area (Å²) in [5.41, 5.74) is 1.50. The van der Waals surface area contributed by atoms with Crippen molar-refractivity contribution in [1.29, 1.82) is 0 Å². The van der Waals surface area contributed by atoms with Gasteiger partial charge in [0.05, 0.1) is 54.6 Å². The van der Waals surface area contributed by atoms with Gasteiger partial charge in [-0.05, 0) is 57.4 Å². The zero-order valence-electron chi connectivity index (χ0n) is 27.2. The van der Waals surface area contributed by atoms with Crippen LogP contribution in [0.5, 0.6) is 5.75 Å². The van der Waals surface area contributed by atoms with E-state index in [0.717, 1.165) is 24.8 Å². The van der Waals surface area contributed by atoms with Crippen LogP contribution in [0, 0.1) is 0 Å². The Labute approximate surface area is 271 Å². The van der Waals surface area contributed by atoms with E-state index in [4.69, 9.17) is 9.47 Å². The van der Waals surface area contributed by atoms with Crippen molar-refractivity contribution >= 4 is 46.5 Å². The molecule has 1 aliphatic rings. The van der Waals surface area contributed by atoms with Crippen LogP contribution in [-0.2, 0) is 22.3 Å². The predicted molar refractivity (Wildman–Crippen MR) is 175 cm³/mol. The molecule has 15 heteroatoms. The highest BCUT2D eigenvalue weighted by Crippen LogP contribution is 2.40. The molecule has 0 radical (unpaired) electrons. The van der Waals surface area contributed by atoms with Crippen molar-refractivity contribution in [2.45, 2.75) is 25.7 Å². The molecule has 47 heavy (non-hydrogen) atoms. The standard InChI is InChI=1S/C32H39F3N8O4/c1-8-28(44)37-24-15-25(27(47-7)16-26(24)41(5)14-13-40(3)4)38-30-36-17-21-18-42(20(2)19-46-6)31(45)43(29(21)39-30)23-11-9-22(10-12-23)32(33,34)35/h8-12,15-17,20H,1,13-14,18-19H2,2-7H3,(H,37,44)(H,36,38,39)/t20-/m0/s1. The van der Waals surface area contributed by atoms with Gasteiger partial charge in [0.25, 0.3) is 0 Å². The second-order valence-corrected chi connectivity index (χ2v) is 11.3. The van der Waals surface area contributed by atoms with Gasteiger partial charge in [-0.25, -0.2) is 14.7 Å². The number of urea groups is 1. The Balaban J connectivity index is 1.77. The topological polar surface area (TPSA) is 115 Å². The number of fused-ring (bicyclic) bond motifs is 1. The second kappa shape index (κ2) is 14.7. The maximum atomic E-state index is 13.8. The third-order valence-corrected chi connectivity index (χ3v) is 7.53. The highest BCUT2D eigenvalue weighted by Gasteiger charge is 2.37. The van der Waals surface area contributed by atoms with Gasteiger partial charge in [-0.2, -0.15) is 18.2 Å². The van der Waals surface area contributed by atoms with E-state index in [1.54, 1.807) is 23.2 Å². The molecular weight excluding hydrogens is 617 g/mol. The average Bonchev–Trinajstić information content (AvgIpc) is 3.03. The van der Waals surface area contributed by atoms with Crippen LogP contribution in [0.15, 0.2) is 55.3 Å². The summed E-state index contributed by atoms with van der Waals surface area (Å²) in [5, 5.41) is 5.95. The third-order valence-electron chi connectivity index (χ3n) is 7.53. The zero-order chi connectivity index (χ0) is 34.5. The summed E-state index contributed by atoms with van der Waals surface area (Å²) < 4.78 is 50.9. The van der Waals surface area contributed by atoms with Crippen molar-refractivity contribution in [3.05, 3.63) is 66.4 Å². The Hall–Kier alpha value is -4.89. The molecule has 0 saturated carbocycles. The number of hydrogen-bond donors (Lipinski definition) is 2. The molecule has 0 unspecified atom stereocenters. The fourth-order valence-corrected chi connectivity index (χ4v) is 4.97. The maximum Gasteiger partial charge on any atom is 0.416 e. The number of rotatable bonds is 13. The molecule has 1 aliphatic heterocycles. The fraction of sp³-hybridized carbons (Fsp3) is 0.375. The highest BCUT2D eigenvalue weighted by molar-refractivity contribution is 6.03. The molecular formula is C32H39F3N8O4. The SMILES string of the molecule is C=CC(=O)Nc1cc(Nc2ncc3c(n2)N(c2ccc(C(F)(F)F)cc2)C(=O)N([C@@H](C)COC)C3)c(OC)cc1N(C)CCN(C)C. The van der Waals surface area contributed by atoms with E-state index >= 15 is 0 Å². The molecule has 252 valence electrons. The first-order valence-electron chi connectivity index (χ1n) is 14.7. The second-order valence-electron chi connectivity index (χ2n) is 11.3. The molecule has 0 fully saturated rings. The van der Waals surface area contributed by atoms with E-state index in [1.165, 1.54) is 31.3 Å². The lowest BCUT2D eigenvalue weighted by Gasteiger charge is -2.39. The Bertz CT molecular complexity index is 1600. The Morgan fingerprint density at radius 1 is 1.13 bits per heavy atom. The molecule has 4 rings (SSSR count). The number of methoxy groups -OCH3 is 2. The van der Waals surface area contributed by atoms with Crippen LogP contribution in [0.4, 0.5) is 52.5 Å². The first-order valence-corrected chi connectivity index (χ1v) is 14.7. The van der Waals surface area contributed by atoms with Gasteiger partial charge >= 0.3 is 12.2 Å². The number of ether oxygens (including phenoxy) is 2. The molecule has 1 aromatic heterocycles. The van der Waals surface area contributed by atoms with Crippen molar-refractivity contribution < 1.29 is 32.2 Å². The molecule has 2 heterocycles. The molecule has 0 aliphatic carbocycles. The van der Waals surface area contributed by atoms with Crippen molar-refractivity contribution in [2.24, 2.45) is 0 Å². The van der Waals surface area contributed by atoms with Crippen LogP contribution in [0.1, 0.15) is 18.1 Å². The van der Waals surface area contributed by atoms with Gasteiger partial charge in [0.2, 0.25) is 11.9 Å². The largest absolute Gasteiger partial charge is 0.494 e. The van der Waals surface area contributed by atoms with Gasteiger partial charge in [0.1, 0.15) is 5.75 Å². The predicted octanol–water partition coefficient (Wildman–Crippen LogP) is 5.48. The van der Waals surface area contributed by atoms with Crippen LogP contribution < -0.4 is 25.2 Å². The number of nitrogens with zero attached hydrogens (tertiary/aromatic N) is 6. The Kier molecular flexibility index (Phi) is 10.9. The minimum Gasteiger partial charge on any atom is -0.494 e. The number of alkyl halides is 3. The summed E-state index contributed by atoms with van der Waals surface area (Å²) in [5.74, 6) is 0.295. The summed E-state index contributed by atoms with van der Waals surface area (Å²) in [6.07, 6.45) is -1.82. The van der Waals surface area contributed by atoms with Crippen LogP contribution in [0.2, 0.25) is 0 Å². The van der Waals surface area contributed by atoms with Crippen molar-refractivity contribution in [2.75, 3.05) is 75.5 Å². The Morgan fingerprint density at radius 2 is 1.83 bits per heavy atom. The van der Waals surface area contributed by atoms with Gasteiger partial charge in [0.15, 0.2) is 5.82 Å². The number of likely N-dealkylation sites (N-methyl/N-ethyl adjacent to an activating group) is 2. The number of nitrogens with one attached hydrogen (secondary N) is 2. The van der Waals surface area contributed by atoms with Crippen molar-refractivity contribution in [1.82, 2.24) is 19.8 Å². The average molecular weight is 657 g/mol. The molecule has 2 N–H and O–H groups in total. The lowest BCUT2D eigenvalue weighted by Crippen LogP contribution is -2.50. The smallest absolute Gasteiger partial charge is 0.416 e. The number of hydrogen-bond acceptors (Lipinski definition) is 9. The summed E-state index contributed by atoms with van der Waals surface area (Å²) in [4.78, 5) is 42.1. The Morgan fingerprint density at radius 3 is 2.43 bits per heavy atom. The van der Waals surface area contributed by atoms with Gasteiger partial charge in [-0.15, -0.1) is 0 Å². The fourth-order valence-electron chi connectivity index (χ4n) is 4.97. The first kappa shape index (κ1) is 35.0. The van der Waals surface area contributed by atoms with E-state index in [-0.39, 0.29) is 36.6 Å². The summed E-state index contributed by atoms with van der Waals surface area (Å²) in [6.45, 7) is 7.17. The van der Waals surface area contributed by atoms with E-state index in [1.807, 2.05) is 37.9 Å². The van der Waals surface area contributed by atoms with E-state index in [2.05, 4.69) is 27.2 Å². The number of benzene rings is 2. The summed E-state index contributed by atoms with van der Waals surface area (Å²) in [7, 11) is 8.84. The molecule has 3 aromatic rings. The van der Waals surface area contributed by atoms with Gasteiger partial charge in [-0.3, -0.25) is 4.79 Å². The number of anilines is 6. The minimum atomic E-state index is -4.54. The van der Waals surface area contributed by atoms with E-state index < -0.39 is 23.7 Å². The molecule has 3 amide bonds. The number of amides is 3. The lowest BCUT2D eigenvalue weighted by atomic mass is 10.1. The molecule has 0 spiro atoms. The minimum absolute atomic E-state index is 0.0832. The normalized spacial score (nSPS) is 13.7. The molecule has 1 atom stereocenters. The number of carbonyl (C=O) groups is 2. The van der Waals surface area contributed by atoms with Crippen molar-refractivity contribution in [3.63, 3.8) is 0 Å². The molecule has 2 aromatic carbocycles. The van der Waals surface area contributed by atoms with E-state index in [0.29, 0.717) is 34.9 Å². The van der Waals surface area contributed by atoms with Crippen LogP contribution in [-0.4, -0.2) is 92.8 Å². The van der Waals surface area contributed by atoms with Crippen molar-refractivity contribution in [3.8, 4) is 5.75 Å².